The van der Waals surface area contributed by atoms with Gasteiger partial charge in [0.2, 0.25) is 5.82 Å². The molecule has 0 aliphatic heterocycles. The Morgan fingerprint density at radius 1 is 1.00 bits per heavy atom. The molecule has 0 saturated heterocycles. The van der Waals surface area contributed by atoms with E-state index < -0.39 is 46.4 Å². The normalized spacial score (nSPS) is 10.8. The fraction of sp³-hybridized carbons (Fsp3) is 0. The van der Waals surface area contributed by atoms with Gasteiger partial charge < -0.3 is 5.11 Å². The summed E-state index contributed by atoms with van der Waals surface area (Å²) in [6.07, 6.45) is 0.766. The van der Waals surface area contributed by atoms with Gasteiger partial charge in [-0.05, 0) is 6.07 Å². The number of hydrogen-bond acceptors (Lipinski definition) is 2. The molecule has 0 amide bonds. The van der Waals surface area contributed by atoms with Crippen molar-refractivity contribution in [3.05, 3.63) is 47.0 Å². The molecule has 0 bridgehead atoms. The van der Waals surface area contributed by atoms with Crippen LogP contribution in [-0.2, 0) is 0 Å². The van der Waals surface area contributed by atoms with Crippen molar-refractivity contribution in [1.82, 2.24) is 9.78 Å². The summed E-state index contributed by atoms with van der Waals surface area (Å²) in [5.41, 5.74) is -1.95. The lowest BCUT2D eigenvalue weighted by Crippen LogP contribution is -2.11. The molecule has 19 heavy (non-hydrogen) atoms. The number of nitrogens with zero attached hydrogens (tertiary/aromatic N) is 2. The third kappa shape index (κ3) is 1.92. The molecular weight excluding hydrogens is 275 g/mol. The fourth-order valence-electron chi connectivity index (χ4n) is 1.36. The molecule has 1 N–H and O–H groups in total. The van der Waals surface area contributed by atoms with Crippen molar-refractivity contribution in [1.29, 1.82) is 0 Å². The molecule has 2 rings (SSSR count). The summed E-state index contributed by atoms with van der Waals surface area (Å²) in [7, 11) is 0. The summed E-state index contributed by atoms with van der Waals surface area (Å²) in [4.78, 5) is 10.5. The number of rotatable bonds is 2. The van der Waals surface area contributed by atoms with Gasteiger partial charge in [0.25, 0.3) is 0 Å². The molecule has 0 aliphatic rings. The number of benzene rings is 1. The summed E-state index contributed by atoms with van der Waals surface area (Å²) in [5, 5.41) is 11.8. The summed E-state index contributed by atoms with van der Waals surface area (Å²) < 4.78 is 65.7. The van der Waals surface area contributed by atoms with Crippen molar-refractivity contribution < 1.29 is 31.9 Å². The molecule has 4 nitrogen and oxygen atoms in total. The Morgan fingerprint density at radius 2 is 1.47 bits per heavy atom. The van der Waals surface area contributed by atoms with Gasteiger partial charge in [0, 0.05) is 6.20 Å². The number of carboxylic acid groups (broad SMARTS) is 1. The zero-order valence-corrected chi connectivity index (χ0v) is 8.79. The van der Waals surface area contributed by atoms with E-state index in [1.165, 1.54) is 0 Å². The second-order valence-corrected chi connectivity index (χ2v) is 3.37. The van der Waals surface area contributed by atoms with E-state index in [4.69, 9.17) is 5.11 Å². The Balaban J connectivity index is 2.71. The van der Waals surface area contributed by atoms with Gasteiger partial charge in [0.15, 0.2) is 29.0 Å². The van der Waals surface area contributed by atoms with E-state index >= 15 is 0 Å². The Labute approximate surface area is 101 Å². The van der Waals surface area contributed by atoms with Crippen LogP contribution in [0.25, 0.3) is 5.69 Å². The molecule has 0 aliphatic carbocycles. The quantitative estimate of drug-likeness (QED) is 0.521. The van der Waals surface area contributed by atoms with Crippen molar-refractivity contribution in [3.8, 4) is 5.69 Å². The van der Waals surface area contributed by atoms with Crippen molar-refractivity contribution in [2.75, 3.05) is 0 Å². The van der Waals surface area contributed by atoms with Crippen molar-refractivity contribution in [2.45, 2.75) is 0 Å². The monoisotopic (exact) mass is 278 g/mol. The maximum atomic E-state index is 13.4. The summed E-state index contributed by atoms with van der Waals surface area (Å²) in [5.74, 6) is -12.3. The van der Waals surface area contributed by atoms with E-state index in [1.807, 2.05) is 0 Å². The van der Waals surface area contributed by atoms with Crippen LogP contribution in [0.15, 0.2) is 12.3 Å². The fourth-order valence-corrected chi connectivity index (χ4v) is 1.36. The molecule has 1 heterocycles. The minimum Gasteiger partial charge on any atom is -0.476 e. The number of aromatic nitrogens is 2. The molecule has 0 unspecified atom stereocenters. The smallest absolute Gasteiger partial charge is 0.356 e. The van der Waals surface area contributed by atoms with Crippen molar-refractivity contribution in [3.63, 3.8) is 0 Å². The molecule has 1 aromatic carbocycles. The second-order valence-electron chi connectivity index (χ2n) is 3.37. The topological polar surface area (TPSA) is 55.1 Å². The minimum atomic E-state index is -2.30. The van der Waals surface area contributed by atoms with Gasteiger partial charge in [-0.1, -0.05) is 0 Å². The highest BCUT2D eigenvalue weighted by molar-refractivity contribution is 5.85. The molecule has 0 atom stereocenters. The van der Waals surface area contributed by atoms with Crippen molar-refractivity contribution in [2.24, 2.45) is 0 Å². The van der Waals surface area contributed by atoms with Crippen LogP contribution in [-0.4, -0.2) is 20.9 Å². The van der Waals surface area contributed by atoms with Crippen LogP contribution in [0.4, 0.5) is 22.0 Å². The Kier molecular flexibility index (Phi) is 2.97. The third-order valence-electron chi connectivity index (χ3n) is 2.22. The maximum Gasteiger partial charge on any atom is 0.356 e. The van der Waals surface area contributed by atoms with Gasteiger partial charge >= 0.3 is 5.97 Å². The van der Waals surface area contributed by atoms with Gasteiger partial charge in [-0.25, -0.2) is 31.4 Å². The van der Waals surface area contributed by atoms with Gasteiger partial charge in [0.1, 0.15) is 5.69 Å². The standard InChI is InChI=1S/C10H3F5N2O2/c11-4-5(12)7(14)9(8(15)6(4)13)17-2-1-3(16-17)10(18)19/h1-2H,(H,18,19). The van der Waals surface area contributed by atoms with Crippen LogP contribution < -0.4 is 0 Å². The molecule has 2 aromatic rings. The zero-order chi connectivity index (χ0) is 14.3. The van der Waals surface area contributed by atoms with E-state index in [-0.39, 0.29) is 4.68 Å². The van der Waals surface area contributed by atoms with Crippen molar-refractivity contribution >= 4 is 5.97 Å². The number of hydrogen-bond donors (Lipinski definition) is 1. The maximum absolute atomic E-state index is 13.4. The molecule has 100 valence electrons. The molecule has 1 aromatic heterocycles. The highest BCUT2D eigenvalue weighted by Crippen LogP contribution is 2.25. The van der Waals surface area contributed by atoms with E-state index in [0.717, 1.165) is 12.3 Å². The average Bonchev–Trinajstić information content (AvgIpc) is 2.84. The van der Waals surface area contributed by atoms with Gasteiger partial charge in [-0.2, -0.15) is 5.10 Å². The lowest BCUT2D eigenvalue weighted by Gasteiger charge is -2.07. The first-order valence-electron chi connectivity index (χ1n) is 4.65. The van der Waals surface area contributed by atoms with E-state index in [9.17, 15) is 26.7 Å². The number of halogens is 5. The largest absolute Gasteiger partial charge is 0.476 e. The van der Waals surface area contributed by atoms with E-state index in [1.54, 1.807) is 0 Å². The summed E-state index contributed by atoms with van der Waals surface area (Å²) in [6.45, 7) is 0. The first-order valence-corrected chi connectivity index (χ1v) is 4.65. The van der Waals surface area contributed by atoms with E-state index in [0.29, 0.717) is 0 Å². The van der Waals surface area contributed by atoms with Crippen LogP contribution >= 0.6 is 0 Å². The van der Waals surface area contributed by atoms with Crippen LogP contribution in [0.2, 0.25) is 0 Å². The minimum absolute atomic E-state index is 0.264. The lowest BCUT2D eigenvalue weighted by molar-refractivity contribution is 0.0690. The van der Waals surface area contributed by atoms with Crippen LogP contribution in [0.5, 0.6) is 0 Å². The van der Waals surface area contributed by atoms with Crippen LogP contribution in [0.3, 0.4) is 0 Å². The predicted molar refractivity (Wildman–Crippen MR) is 50.3 cm³/mol. The van der Waals surface area contributed by atoms with Gasteiger partial charge in [-0.15, -0.1) is 0 Å². The zero-order valence-electron chi connectivity index (χ0n) is 8.79. The summed E-state index contributed by atoms with van der Waals surface area (Å²) >= 11 is 0. The predicted octanol–water partition coefficient (Wildman–Crippen LogP) is 2.27. The highest BCUT2D eigenvalue weighted by atomic mass is 19.2. The van der Waals surface area contributed by atoms with Crippen LogP contribution in [0, 0.1) is 29.1 Å². The highest BCUT2D eigenvalue weighted by Gasteiger charge is 2.27. The lowest BCUT2D eigenvalue weighted by atomic mass is 10.2. The van der Waals surface area contributed by atoms with Gasteiger partial charge in [-0.3, -0.25) is 0 Å². The van der Waals surface area contributed by atoms with E-state index in [2.05, 4.69) is 5.10 Å². The Hall–Kier alpha value is -2.45. The molecule has 0 radical (unpaired) electrons. The number of carbonyl (C=O) groups is 1. The Morgan fingerprint density at radius 3 is 1.89 bits per heavy atom. The SMILES string of the molecule is O=C(O)c1ccn(-c2c(F)c(F)c(F)c(F)c2F)n1. The number of aromatic carboxylic acids is 1. The molecular formula is C10H3F5N2O2. The number of carboxylic acids is 1. The van der Waals surface area contributed by atoms with Gasteiger partial charge in [0.05, 0.1) is 0 Å². The molecule has 0 spiro atoms. The second kappa shape index (κ2) is 4.34. The molecule has 9 heteroatoms. The first-order chi connectivity index (χ1) is 8.84. The summed E-state index contributed by atoms with van der Waals surface area (Å²) in [6, 6.07) is 0.848. The third-order valence-corrected chi connectivity index (χ3v) is 2.22. The molecule has 0 saturated carbocycles. The molecule has 0 fully saturated rings. The average molecular weight is 278 g/mol. The van der Waals surface area contributed by atoms with Crippen LogP contribution in [0.1, 0.15) is 10.5 Å². The first kappa shape index (κ1) is 13.0. The Bertz CT molecular complexity index is 654.